The summed E-state index contributed by atoms with van der Waals surface area (Å²) >= 11 is 0. The van der Waals surface area contributed by atoms with Gasteiger partial charge in [-0.1, -0.05) is 6.07 Å². The number of hydrogen-bond acceptors (Lipinski definition) is 3. The van der Waals surface area contributed by atoms with Crippen LogP contribution in [0.2, 0.25) is 0 Å². The summed E-state index contributed by atoms with van der Waals surface area (Å²) in [7, 11) is -3.66. The fraction of sp³-hybridized carbons (Fsp3) is 0.364. The predicted octanol–water partition coefficient (Wildman–Crippen LogP) is 0.505. The molecule has 2 rings (SSSR count). The number of rotatable bonds is 3. The lowest BCUT2D eigenvalue weighted by Gasteiger charge is -2.08. The normalized spacial score (nSPS) is 14.4. The summed E-state index contributed by atoms with van der Waals surface area (Å²) in [5.74, 6) is -0.449. The minimum atomic E-state index is -3.66. The van der Waals surface area contributed by atoms with Gasteiger partial charge in [-0.05, 0) is 42.5 Å². The van der Waals surface area contributed by atoms with Crippen LogP contribution in [0.25, 0.3) is 0 Å². The first-order valence-corrected chi connectivity index (χ1v) is 6.87. The van der Waals surface area contributed by atoms with Crippen molar-refractivity contribution in [1.29, 1.82) is 0 Å². The Morgan fingerprint density at radius 3 is 2.65 bits per heavy atom. The molecule has 92 valence electrons. The molecule has 0 atom stereocenters. The molecule has 0 aliphatic heterocycles. The minimum absolute atomic E-state index is 0.187. The molecule has 17 heavy (non-hydrogen) atoms. The van der Waals surface area contributed by atoms with Gasteiger partial charge in [0.2, 0.25) is 5.91 Å². The van der Waals surface area contributed by atoms with Gasteiger partial charge in [-0.15, -0.1) is 4.83 Å². The van der Waals surface area contributed by atoms with E-state index in [0.29, 0.717) is 0 Å². The van der Waals surface area contributed by atoms with Gasteiger partial charge < -0.3 is 0 Å². The number of hydrogen-bond donors (Lipinski definition) is 2. The second-order valence-electron chi connectivity index (χ2n) is 4.07. The SMILES string of the molecule is CC(=O)NNS(=O)(=O)c1ccc2c(c1)CCC2. The van der Waals surface area contributed by atoms with Gasteiger partial charge in [0, 0.05) is 6.92 Å². The van der Waals surface area contributed by atoms with E-state index in [9.17, 15) is 13.2 Å². The number of aryl methyl sites for hydroxylation is 2. The molecule has 0 bridgehead atoms. The highest BCUT2D eigenvalue weighted by Gasteiger charge is 2.18. The van der Waals surface area contributed by atoms with Crippen molar-refractivity contribution < 1.29 is 13.2 Å². The Morgan fingerprint density at radius 2 is 1.94 bits per heavy atom. The van der Waals surface area contributed by atoms with E-state index in [1.54, 1.807) is 12.1 Å². The van der Waals surface area contributed by atoms with Crippen LogP contribution in [0, 0.1) is 0 Å². The van der Waals surface area contributed by atoms with Gasteiger partial charge in [0.25, 0.3) is 10.0 Å². The highest BCUT2D eigenvalue weighted by molar-refractivity contribution is 7.89. The minimum Gasteiger partial charge on any atom is -0.278 e. The molecule has 0 saturated heterocycles. The second kappa shape index (κ2) is 4.46. The van der Waals surface area contributed by atoms with Crippen LogP contribution in [0.15, 0.2) is 23.1 Å². The number of benzene rings is 1. The zero-order valence-electron chi connectivity index (χ0n) is 9.49. The first-order valence-electron chi connectivity index (χ1n) is 5.39. The van der Waals surface area contributed by atoms with Crippen molar-refractivity contribution in [1.82, 2.24) is 10.3 Å². The Bertz CT molecular complexity index is 552. The van der Waals surface area contributed by atoms with Crippen molar-refractivity contribution in [2.75, 3.05) is 0 Å². The molecule has 0 heterocycles. The Labute approximate surface area is 100 Å². The summed E-state index contributed by atoms with van der Waals surface area (Å²) < 4.78 is 23.6. The number of carbonyl (C=O) groups is 1. The summed E-state index contributed by atoms with van der Waals surface area (Å²) in [6, 6.07) is 5.07. The Balaban J connectivity index is 2.24. The zero-order valence-corrected chi connectivity index (χ0v) is 10.3. The Morgan fingerprint density at radius 1 is 1.24 bits per heavy atom. The summed E-state index contributed by atoms with van der Waals surface area (Å²) in [5, 5.41) is 0. The standard InChI is InChI=1S/C11H14N2O3S/c1-8(14)12-13-17(15,16)11-6-5-9-3-2-4-10(9)7-11/h5-7,13H,2-4H2,1H3,(H,12,14). The number of fused-ring (bicyclic) bond motifs is 1. The molecule has 5 nitrogen and oxygen atoms in total. The molecule has 1 aliphatic carbocycles. The molecule has 0 saturated carbocycles. The molecular weight excluding hydrogens is 240 g/mol. The number of sulfonamides is 1. The molecule has 6 heteroatoms. The molecule has 1 aromatic rings. The van der Waals surface area contributed by atoms with E-state index in [0.717, 1.165) is 24.8 Å². The average molecular weight is 254 g/mol. The number of nitrogens with one attached hydrogen (secondary N) is 2. The van der Waals surface area contributed by atoms with Crippen molar-refractivity contribution in [3.05, 3.63) is 29.3 Å². The van der Waals surface area contributed by atoms with E-state index in [1.807, 2.05) is 10.9 Å². The monoisotopic (exact) mass is 254 g/mol. The summed E-state index contributed by atoms with van der Waals surface area (Å²) in [4.78, 5) is 12.9. The van der Waals surface area contributed by atoms with Crippen LogP contribution in [-0.2, 0) is 27.7 Å². The third kappa shape index (κ3) is 2.65. The molecule has 0 fully saturated rings. The van der Waals surface area contributed by atoms with Crippen molar-refractivity contribution >= 4 is 15.9 Å². The number of hydrazine groups is 1. The van der Waals surface area contributed by atoms with E-state index in [4.69, 9.17) is 0 Å². The van der Waals surface area contributed by atoms with Crippen molar-refractivity contribution in [2.24, 2.45) is 0 Å². The molecule has 2 N–H and O–H groups in total. The van der Waals surface area contributed by atoms with Crippen LogP contribution in [0.1, 0.15) is 24.5 Å². The third-order valence-electron chi connectivity index (χ3n) is 2.74. The van der Waals surface area contributed by atoms with E-state index in [-0.39, 0.29) is 4.90 Å². The second-order valence-corrected chi connectivity index (χ2v) is 5.75. The largest absolute Gasteiger partial charge is 0.278 e. The van der Waals surface area contributed by atoms with Gasteiger partial charge in [0.05, 0.1) is 4.90 Å². The zero-order chi connectivity index (χ0) is 12.5. The fourth-order valence-electron chi connectivity index (χ4n) is 1.91. The highest BCUT2D eigenvalue weighted by atomic mass is 32.2. The summed E-state index contributed by atoms with van der Waals surface area (Å²) in [5.41, 5.74) is 4.37. The van der Waals surface area contributed by atoms with Gasteiger partial charge in [0.1, 0.15) is 0 Å². The van der Waals surface area contributed by atoms with Crippen LogP contribution in [-0.4, -0.2) is 14.3 Å². The third-order valence-corrected chi connectivity index (χ3v) is 3.99. The molecule has 1 aliphatic rings. The van der Waals surface area contributed by atoms with Crippen molar-refractivity contribution in [3.63, 3.8) is 0 Å². The lowest BCUT2D eigenvalue weighted by molar-refractivity contribution is -0.119. The molecule has 1 aromatic carbocycles. The van der Waals surface area contributed by atoms with Gasteiger partial charge in [-0.25, -0.2) is 8.42 Å². The molecule has 0 aromatic heterocycles. The van der Waals surface area contributed by atoms with Gasteiger partial charge in [-0.2, -0.15) is 0 Å². The quantitative estimate of drug-likeness (QED) is 0.771. The Hall–Kier alpha value is -1.40. The lowest BCUT2D eigenvalue weighted by atomic mass is 10.1. The first kappa shape index (κ1) is 12.1. The van der Waals surface area contributed by atoms with Gasteiger partial charge in [-0.3, -0.25) is 10.2 Å². The van der Waals surface area contributed by atoms with E-state index < -0.39 is 15.9 Å². The van der Waals surface area contributed by atoms with Crippen LogP contribution >= 0.6 is 0 Å². The van der Waals surface area contributed by atoms with Crippen LogP contribution in [0.4, 0.5) is 0 Å². The lowest BCUT2D eigenvalue weighted by Crippen LogP contribution is -2.40. The van der Waals surface area contributed by atoms with Gasteiger partial charge in [0.15, 0.2) is 0 Å². The van der Waals surface area contributed by atoms with Crippen LogP contribution < -0.4 is 10.3 Å². The predicted molar refractivity (Wildman–Crippen MR) is 62.6 cm³/mol. The molecule has 0 radical (unpaired) electrons. The summed E-state index contributed by atoms with van der Waals surface area (Å²) in [6.07, 6.45) is 2.99. The van der Waals surface area contributed by atoms with Crippen molar-refractivity contribution in [3.8, 4) is 0 Å². The maximum Gasteiger partial charge on any atom is 0.257 e. The van der Waals surface area contributed by atoms with Gasteiger partial charge >= 0.3 is 0 Å². The maximum absolute atomic E-state index is 11.8. The average Bonchev–Trinajstić information content (AvgIpc) is 2.73. The highest BCUT2D eigenvalue weighted by Crippen LogP contribution is 2.24. The first-order chi connectivity index (χ1) is 7.99. The van der Waals surface area contributed by atoms with E-state index in [2.05, 4.69) is 5.43 Å². The molecule has 0 unspecified atom stereocenters. The Kier molecular flexibility index (Phi) is 3.17. The van der Waals surface area contributed by atoms with E-state index in [1.165, 1.54) is 12.5 Å². The maximum atomic E-state index is 11.8. The van der Waals surface area contributed by atoms with Crippen LogP contribution in [0.5, 0.6) is 0 Å². The van der Waals surface area contributed by atoms with Crippen molar-refractivity contribution in [2.45, 2.75) is 31.1 Å². The van der Waals surface area contributed by atoms with Crippen LogP contribution in [0.3, 0.4) is 0 Å². The molecular formula is C11H14N2O3S. The summed E-state index contributed by atoms with van der Waals surface area (Å²) in [6.45, 7) is 1.24. The topological polar surface area (TPSA) is 75.3 Å². The van der Waals surface area contributed by atoms with E-state index >= 15 is 0 Å². The number of amides is 1. The smallest absolute Gasteiger partial charge is 0.257 e. The molecule has 1 amide bonds. The number of carbonyl (C=O) groups excluding carboxylic acids is 1. The fourth-order valence-corrected chi connectivity index (χ4v) is 2.85. The molecule has 0 spiro atoms.